The van der Waals surface area contributed by atoms with E-state index in [-0.39, 0.29) is 17.3 Å². The largest absolute Gasteiger partial charge is 0.364 e. The monoisotopic (exact) mass is 468 g/mol. The van der Waals surface area contributed by atoms with E-state index >= 15 is 0 Å². The van der Waals surface area contributed by atoms with Crippen molar-refractivity contribution in [2.75, 3.05) is 42.9 Å². The first kappa shape index (κ1) is 21.8. The average molecular weight is 469 g/mol. The van der Waals surface area contributed by atoms with Gasteiger partial charge in [0.2, 0.25) is 5.89 Å². The van der Waals surface area contributed by atoms with Gasteiger partial charge in [0, 0.05) is 49.6 Å². The number of halogens is 1. The lowest BCUT2D eigenvalue weighted by molar-refractivity contribution is 0.169. The molecule has 1 aromatic heterocycles. The number of piperidine rings is 1. The summed E-state index contributed by atoms with van der Waals surface area (Å²) in [7, 11) is 0. The molecular weight excluding hydrogens is 435 g/mol. The summed E-state index contributed by atoms with van der Waals surface area (Å²) in [5.41, 5.74) is 0.873. The van der Waals surface area contributed by atoms with E-state index in [1.807, 2.05) is 6.07 Å². The van der Waals surface area contributed by atoms with Crippen LogP contribution in [0.4, 0.5) is 20.6 Å². The van der Waals surface area contributed by atoms with E-state index in [0.29, 0.717) is 36.8 Å². The number of anilines is 2. The van der Waals surface area contributed by atoms with Gasteiger partial charge >= 0.3 is 6.03 Å². The van der Waals surface area contributed by atoms with Crippen LogP contribution < -0.4 is 10.2 Å². The zero-order valence-corrected chi connectivity index (χ0v) is 20.0. The number of carbonyl (C=O) groups is 1. The third-order valence-electron chi connectivity index (χ3n) is 8.36. The molecule has 34 heavy (non-hydrogen) atoms. The number of para-hydroxylation sites is 1. The molecule has 2 amide bonds. The Morgan fingerprint density at radius 1 is 1.24 bits per heavy atom. The number of amides is 2. The topological polar surface area (TPSA) is 77.7 Å². The second-order valence-corrected chi connectivity index (χ2v) is 10.6. The lowest BCUT2D eigenvalue weighted by atomic mass is 9.80. The molecule has 3 saturated heterocycles. The fourth-order valence-corrected chi connectivity index (χ4v) is 5.90. The van der Waals surface area contributed by atoms with Crippen LogP contribution in [0.2, 0.25) is 0 Å². The highest BCUT2D eigenvalue weighted by Gasteiger charge is 2.44. The van der Waals surface area contributed by atoms with Gasteiger partial charge in [0.05, 0.1) is 5.69 Å². The van der Waals surface area contributed by atoms with Gasteiger partial charge in [-0.25, -0.2) is 9.18 Å². The number of likely N-dealkylation sites (tertiary alicyclic amines) is 2. The lowest BCUT2D eigenvalue weighted by Crippen LogP contribution is -2.47. The molecule has 3 aliphatic heterocycles. The van der Waals surface area contributed by atoms with Crippen molar-refractivity contribution in [3.05, 3.63) is 35.7 Å². The van der Waals surface area contributed by atoms with E-state index in [0.717, 1.165) is 69.1 Å². The molecular formula is C25H33FN6O2. The molecule has 6 rings (SSSR count). The fourth-order valence-electron chi connectivity index (χ4n) is 5.90. The molecule has 9 heteroatoms. The molecule has 4 fully saturated rings. The van der Waals surface area contributed by atoms with Crippen molar-refractivity contribution in [1.82, 2.24) is 19.9 Å². The number of nitrogens with one attached hydrogen (secondary N) is 1. The highest BCUT2D eigenvalue weighted by molar-refractivity contribution is 5.93. The van der Waals surface area contributed by atoms with Crippen molar-refractivity contribution in [1.29, 1.82) is 0 Å². The van der Waals surface area contributed by atoms with Gasteiger partial charge in [0.25, 0.3) is 0 Å². The Morgan fingerprint density at radius 3 is 2.71 bits per heavy atom. The lowest BCUT2D eigenvalue weighted by Gasteiger charge is -2.38. The van der Waals surface area contributed by atoms with E-state index in [4.69, 9.17) is 4.52 Å². The predicted molar refractivity (Wildman–Crippen MR) is 127 cm³/mol. The molecule has 0 unspecified atom stereocenters. The Bertz CT molecular complexity index is 1080. The van der Waals surface area contributed by atoms with Crippen LogP contribution in [-0.4, -0.2) is 70.8 Å². The minimum atomic E-state index is -0.387. The molecule has 182 valence electrons. The van der Waals surface area contributed by atoms with Crippen molar-refractivity contribution in [2.24, 2.45) is 0 Å². The molecule has 8 nitrogen and oxygen atoms in total. The number of benzene rings is 1. The first-order valence-corrected chi connectivity index (χ1v) is 12.6. The molecule has 2 atom stereocenters. The Morgan fingerprint density at radius 2 is 2.03 bits per heavy atom. The van der Waals surface area contributed by atoms with Crippen LogP contribution in [0.3, 0.4) is 0 Å². The summed E-state index contributed by atoms with van der Waals surface area (Å²) in [6.45, 7) is 8.38. The normalized spacial score (nSPS) is 26.3. The molecule has 1 saturated carbocycles. The number of fused-ring (bicyclic) bond motifs is 2. The standard InChI is InChI=1S/C25H33FN6O2/c1-3-30-14-18-13-17(30)15-32(18)20-6-4-5-19(26)21(20)27-24(33)31-11-9-25(2,10-12-31)23-28-22(34-29-23)16-7-8-16/h4-6,16-18H,3,7-15H2,1-2H3,(H,27,33)/t17-,18-/m0/s1. The molecule has 2 aromatic rings. The van der Waals surface area contributed by atoms with Crippen molar-refractivity contribution in [3.63, 3.8) is 0 Å². The summed E-state index contributed by atoms with van der Waals surface area (Å²) in [6.07, 6.45) is 4.84. The Hall–Kier alpha value is -2.68. The second kappa shape index (κ2) is 8.22. The van der Waals surface area contributed by atoms with E-state index in [2.05, 4.69) is 39.1 Å². The van der Waals surface area contributed by atoms with Crippen molar-refractivity contribution in [2.45, 2.75) is 69.4 Å². The first-order valence-electron chi connectivity index (χ1n) is 12.6. The van der Waals surface area contributed by atoms with E-state index in [9.17, 15) is 9.18 Å². The zero-order chi connectivity index (χ0) is 23.4. The van der Waals surface area contributed by atoms with E-state index < -0.39 is 0 Å². The summed E-state index contributed by atoms with van der Waals surface area (Å²) in [5.74, 6) is 1.54. The van der Waals surface area contributed by atoms with Gasteiger partial charge in [-0.15, -0.1) is 0 Å². The van der Waals surface area contributed by atoms with Crippen LogP contribution in [0.5, 0.6) is 0 Å². The summed E-state index contributed by atoms with van der Waals surface area (Å²) < 4.78 is 20.4. The van der Waals surface area contributed by atoms with Crippen LogP contribution in [0, 0.1) is 5.82 Å². The minimum Gasteiger partial charge on any atom is -0.364 e. The molecule has 1 aromatic carbocycles. The third kappa shape index (κ3) is 3.74. The Kier molecular flexibility index (Phi) is 5.28. The van der Waals surface area contributed by atoms with Crippen LogP contribution in [0.15, 0.2) is 22.7 Å². The quantitative estimate of drug-likeness (QED) is 0.716. The molecule has 4 heterocycles. The average Bonchev–Trinajstić information content (AvgIpc) is 3.25. The van der Waals surface area contributed by atoms with Crippen molar-refractivity contribution >= 4 is 17.4 Å². The van der Waals surface area contributed by atoms with E-state index in [1.165, 1.54) is 6.07 Å². The number of aromatic nitrogens is 2. The summed E-state index contributed by atoms with van der Waals surface area (Å²) in [6, 6.07) is 5.71. The van der Waals surface area contributed by atoms with Crippen molar-refractivity contribution in [3.8, 4) is 0 Å². The fraction of sp³-hybridized carbons (Fsp3) is 0.640. The van der Waals surface area contributed by atoms with Crippen LogP contribution in [0.25, 0.3) is 0 Å². The zero-order valence-electron chi connectivity index (χ0n) is 20.0. The number of rotatable bonds is 5. The van der Waals surface area contributed by atoms with Gasteiger partial charge in [0.15, 0.2) is 5.82 Å². The summed E-state index contributed by atoms with van der Waals surface area (Å²) in [4.78, 5) is 24.3. The Labute approximate surface area is 199 Å². The number of urea groups is 1. The van der Waals surface area contributed by atoms with Crippen LogP contribution in [-0.2, 0) is 5.41 Å². The Balaban J connectivity index is 1.13. The molecule has 0 spiro atoms. The predicted octanol–water partition coefficient (Wildman–Crippen LogP) is 3.95. The van der Waals surface area contributed by atoms with Crippen molar-refractivity contribution < 1.29 is 13.7 Å². The van der Waals surface area contributed by atoms with Gasteiger partial charge in [-0.2, -0.15) is 4.98 Å². The van der Waals surface area contributed by atoms with Gasteiger partial charge in [-0.05, 0) is 50.8 Å². The third-order valence-corrected chi connectivity index (χ3v) is 8.36. The molecule has 4 aliphatic rings. The van der Waals surface area contributed by atoms with Crippen LogP contribution in [0.1, 0.15) is 63.6 Å². The number of nitrogens with zero attached hydrogens (tertiary/aromatic N) is 5. The van der Waals surface area contributed by atoms with Gasteiger partial charge in [0.1, 0.15) is 11.5 Å². The van der Waals surface area contributed by atoms with Gasteiger partial charge in [-0.1, -0.05) is 25.1 Å². The number of likely N-dealkylation sites (N-methyl/N-ethyl adjacent to an activating group) is 1. The summed E-state index contributed by atoms with van der Waals surface area (Å²) >= 11 is 0. The highest BCUT2D eigenvalue weighted by Crippen LogP contribution is 2.42. The van der Waals surface area contributed by atoms with Gasteiger partial charge in [-0.3, -0.25) is 4.90 Å². The number of hydrogen-bond acceptors (Lipinski definition) is 6. The molecule has 2 bridgehead atoms. The maximum Gasteiger partial charge on any atom is 0.321 e. The molecule has 1 aliphatic carbocycles. The smallest absolute Gasteiger partial charge is 0.321 e. The van der Waals surface area contributed by atoms with Crippen LogP contribution >= 0.6 is 0 Å². The number of hydrogen-bond donors (Lipinski definition) is 1. The maximum atomic E-state index is 14.9. The maximum absolute atomic E-state index is 14.9. The molecule has 1 N–H and O–H groups in total. The minimum absolute atomic E-state index is 0.212. The van der Waals surface area contributed by atoms with E-state index in [1.54, 1.807) is 11.0 Å². The highest BCUT2D eigenvalue weighted by atomic mass is 19.1. The summed E-state index contributed by atoms with van der Waals surface area (Å²) in [5, 5.41) is 7.16. The number of piperazine rings is 1. The number of carbonyl (C=O) groups excluding carboxylic acids is 1. The first-order chi connectivity index (χ1) is 16.4. The second-order valence-electron chi connectivity index (χ2n) is 10.6. The van der Waals surface area contributed by atoms with Gasteiger partial charge < -0.3 is 19.6 Å². The molecule has 0 radical (unpaired) electrons. The SMILES string of the molecule is CCN1C[C@@H]2C[C@H]1CN2c1cccc(F)c1NC(=O)N1CCC(C)(c2noc(C3CC3)n2)CC1.